The first-order chi connectivity index (χ1) is 8.22. The van der Waals surface area contributed by atoms with Crippen LogP contribution in [0.1, 0.15) is 30.1 Å². The molecule has 1 aliphatic rings. The molecule has 0 saturated carbocycles. The summed E-state index contributed by atoms with van der Waals surface area (Å²) in [5.74, 6) is 0. The van der Waals surface area contributed by atoms with Crippen LogP contribution in [0.5, 0.6) is 0 Å². The first kappa shape index (κ1) is 11.1. The Balaban J connectivity index is 2.33. The first-order valence-corrected chi connectivity index (χ1v) is 6.54. The molecule has 17 heavy (non-hydrogen) atoms. The van der Waals surface area contributed by atoms with E-state index in [2.05, 4.69) is 29.1 Å². The second kappa shape index (κ2) is 4.04. The molecule has 0 fully saturated rings. The van der Waals surface area contributed by atoms with Gasteiger partial charge in [0.2, 0.25) is 0 Å². The molecule has 0 radical (unpaired) electrons. The van der Waals surface area contributed by atoms with Crippen molar-refractivity contribution in [1.82, 2.24) is 9.88 Å². The van der Waals surface area contributed by atoms with E-state index in [4.69, 9.17) is 11.6 Å². The summed E-state index contributed by atoms with van der Waals surface area (Å²) in [6, 6.07) is 6.69. The van der Waals surface area contributed by atoms with Gasteiger partial charge in [-0.25, -0.2) is 0 Å². The number of aromatic nitrogens is 1. The Kier molecular flexibility index (Phi) is 2.64. The molecule has 90 valence electrons. The zero-order valence-corrected chi connectivity index (χ0v) is 11.0. The van der Waals surface area contributed by atoms with Crippen molar-refractivity contribution in [2.75, 3.05) is 7.05 Å². The van der Waals surface area contributed by atoms with Crippen LogP contribution in [0, 0.1) is 0 Å². The minimum Gasteiger partial charge on any atom is -0.346 e. The molecule has 0 bridgehead atoms. The molecule has 1 N–H and O–H groups in total. The molecular weight excluding hydrogens is 232 g/mol. The first-order valence-electron chi connectivity index (χ1n) is 6.16. The van der Waals surface area contributed by atoms with Crippen LogP contribution in [-0.2, 0) is 13.5 Å². The average Bonchev–Trinajstić information content (AvgIpc) is 2.63. The van der Waals surface area contributed by atoms with Gasteiger partial charge in [0, 0.05) is 34.7 Å². The van der Waals surface area contributed by atoms with Crippen molar-refractivity contribution < 1.29 is 0 Å². The maximum Gasteiger partial charge on any atom is 0.0484 e. The lowest BCUT2D eigenvalue weighted by Gasteiger charge is -2.24. The third-order valence-electron chi connectivity index (χ3n) is 3.91. The molecule has 0 unspecified atom stereocenters. The Morgan fingerprint density at radius 3 is 3.00 bits per heavy atom. The molecule has 0 saturated heterocycles. The lowest BCUT2D eigenvalue weighted by Crippen LogP contribution is -2.23. The van der Waals surface area contributed by atoms with Gasteiger partial charge in [-0.1, -0.05) is 11.6 Å². The molecule has 3 heteroatoms. The van der Waals surface area contributed by atoms with Crippen LogP contribution in [0.4, 0.5) is 0 Å². The number of rotatable bonds is 1. The molecule has 2 nitrogen and oxygen atoms in total. The van der Waals surface area contributed by atoms with Crippen LogP contribution < -0.4 is 5.32 Å². The standard InChI is InChI=1S/C14H17ClN2/c1-16-12-5-3-4-10-11-8-9(15)6-7-13(11)17(2)14(10)12/h6-8,12,16H,3-5H2,1-2H3/t12-/m1/s1. The molecule has 2 aromatic rings. The van der Waals surface area contributed by atoms with Crippen molar-refractivity contribution in [2.24, 2.45) is 7.05 Å². The van der Waals surface area contributed by atoms with Gasteiger partial charge in [-0.15, -0.1) is 0 Å². The van der Waals surface area contributed by atoms with Crippen LogP contribution in [0.25, 0.3) is 10.9 Å². The Morgan fingerprint density at radius 1 is 1.41 bits per heavy atom. The summed E-state index contributed by atoms with van der Waals surface area (Å²) in [6.07, 6.45) is 3.65. The molecular formula is C14H17ClN2. The van der Waals surface area contributed by atoms with Gasteiger partial charge >= 0.3 is 0 Å². The highest BCUT2D eigenvalue weighted by Gasteiger charge is 2.25. The molecule has 0 spiro atoms. The Hall–Kier alpha value is -0.990. The van der Waals surface area contributed by atoms with E-state index in [0.29, 0.717) is 6.04 Å². The average molecular weight is 249 g/mol. The molecule has 1 aromatic carbocycles. The van der Waals surface area contributed by atoms with E-state index < -0.39 is 0 Å². The number of halogens is 1. The number of hydrogen-bond donors (Lipinski definition) is 1. The lowest BCUT2D eigenvalue weighted by molar-refractivity contribution is 0.474. The Morgan fingerprint density at radius 2 is 2.24 bits per heavy atom. The fourth-order valence-corrected chi connectivity index (χ4v) is 3.29. The molecule has 1 aliphatic carbocycles. The summed E-state index contributed by atoms with van der Waals surface area (Å²) in [6.45, 7) is 0. The van der Waals surface area contributed by atoms with Crippen molar-refractivity contribution in [1.29, 1.82) is 0 Å². The van der Waals surface area contributed by atoms with Gasteiger partial charge < -0.3 is 9.88 Å². The molecule has 0 amide bonds. The maximum absolute atomic E-state index is 6.12. The smallest absolute Gasteiger partial charge is 0.0484 e. The Labute approximate surface area is 107 Å². The van der Waals surface area contributed by atoms with E-state index in [1.54, 1.807) is 0 Å². The molecule has 3 rings (SSSR count). The van der Waals surface area contributed by atoms with Gasteiger partial charge in [0.1, 0.15) is 0 Å². The number of hydrogen-bond acceptors (Lipinski definition) is 1. The highest BCUT2D eigenvalue weighted by molar-refractivity contribution is 6.31. The Bertz CT molecular complexity index is 571. The predicted molar refractivity (Wildman–Crippen MR) is 72.7 cm³/mol. The predicted octanol–water partition coefficient (Wildman–Crippen LogP) is 3.43. The fraction of sp³-hybridized carbons (Fsp3) is 0.429. The number of fused-ring (bicyclic) bond motifs is 3. The van der Waals surface area contributed by atoms with Crippen LogP contribution in [0.2, 0.25) is 5.02 Å². The highest BCUT2D eigenvalue weighted by atomic mass is 35.5. The summed E-state index contributed by atoms with van der Waals surface area (Å²) in [4.78, 5) is 0. The normalized spacial score (nSPS) is 19.6. The van der Waals surface area contributed by atoms with E-state index in [1.807, 2.05) is 13.1 Å². The summed E-state index contributed by atoms with van der Waals surface area (Å²) in [7, 11) is 4.20. The quantitative estimate of drug-likeness (QED) is 0.818. The van der Waals surface area contributed by atoms with E-state index in [1.165, 1.54) is 41.4 Å². The van der Waals surface area contributed by atoms with Gasteiger partial charge in [-0.3, -0.25) is 0 Å². The maximum atomic E-state index is 6.12. The SMILES string of the molecule is CN[C@@H]1CCCc2c1n(C)c1ccc(Cl)cc21. The van der Waals surface area contributed by atoms with Crippen LogP contribution in [0.15, 0.2) is 18.2 Å². The van der Waals surface area contributed by atoms with Crippen LogP contribution >= 0.6 is 11.6 Å². The summed E-state index contributed by atoms with van der Waals surface area (Å²) in [5, 5.41) is 5.58. The molecule has 1 aromatic heterocycles. The summed E-state index contributed by atoms with van der Waals surface area (Å²) < 4.78 is 2.32. The fourth-order valence-electron chi connectivity index (χ4n) is 3.12. The second-order valence-corrected chi connectivity index (χ2v) is 5.25. The number of benzene rings is 1. The van der Waals surface area contributed by atoms with Crippen molar-refractivity contribution >= 4 is 22.5 Å². The topological polar surface area (TPSA) is 17.0 Å². The summed E-state index contributed by atoms with van der Waals surface area (Å²) in [5.41, 5.74) is 4.22. The minimum atomic E-state index is 0.481. The number of nitrogens with zero attached hydrogens (tertiary/aromatic N) is 1. The molecule has 1 atom stereocenters. The van der Waals surface area contributed by atoms with E-state index in [0.717, 1.165) is 5.02 Å². The highest BCUT2D eigenvalue weighted by Crippen LogP contribution is 2.37. The van der Waals surface area contributed by atoms with E-state index >= 15 is 0 Å². The third kappa shape index (κ3) is 1.59. The minimum absolute atomic E-state index is 0.481. The van der Waals surface area contributed by atoms with Gasteiger partial charge in [0.05, 0.1) is 0 Å². The largest absolute Gasteiger partial charge is 0.346 e. The van der Waals surface area contributed by atoms with Gasteiger partial charge in [-0.05, 0) is 50.1 Å². The van der Waals surface area contributed by atoms with Gasteiger partial charge in [0.25, 0.3) is 0 Å². The third-order valence-corrected chi connectivity index (χ3v) is 4.15. The monoisotopic (exact) mass is 248 g/mol. The zero-order valence-electron chi connectivity index (χ0n) is 10.3. The van der Waals surface area contributed by atoms with Crippen molar-refractivity contribution in [2.45, 2.75) is 25.3 Å². The summed E-state index contributed by atoms with van der Waals surface area (Å²) >= 11 is 6.12. The van der Waals surface area contributed by atoms with Crippen LogP contribution in [-0.4, -0.2) is 11.6 Å². The molecule has 1 heterocycles. The number of aryl methyl sites for hydroxylation is 2. The number of nitrogens with one attached hydrogen (secondary N) is 1. The van der Waals surface area contributed by atoms with E-state index in [9.17, 15) is 0 Å². The van der Waals surface area contributed by atoms with E-state index in [-0.39, 0.29) is 0 Å². The lowest BCUT2D eigenvalue weighted by atomic mass is 9.92. The van der Waals surface area contributed by atoms with Gasteiger partial charge in [0.15, 0.2) is 0 Å². The van der Waals surface area contributed by atoms with Crippen molar-refractivity contribution in [3.63, 3.8) is 0 Å². The van der Waals surface area contributed by atoms with Gasteiger partial charge in [-0.2, -0.15) is 0 Å². The van der Waals surface area contributed by atoms with Crippen molar-refractivity contribution in [3.05, 3.63) is 34.5 Å². The molecule has 0 aliphatic heterocycles. The van der Waals surface area contributed by atoms with Crippen LogP contribution in [0.3, 0.4) is 0 Å². The second-order valence-electron chi connectivity index (χ2n) is 4.82. The zero-order chi connectivity index (χ0) is 12.0. The van der Waals surface area contributed by atoms with Crippen molar-refractivity contribution in [3.8, 4) is 0 Å².